The van der Waals surface area contributed by atoms with E-state index < -0.39 is 5.97 Å². The standard InChI is InChI=1S/C15H13ClO3/c1-9-11(4-3-5-13(9)16)10-6-7-12(15(17)18)14(8-10)19-2/h3-8H,1-2H3,(H,17,18). The summed E-state index contributed by atoms with van der Waals surface area (Å²) in [6, 6.07) is 10.6. The van der Waals surface area contributed by atoms with Gasteiger partial charge in [0.2, 0.25) is 0 Å². The average molecular weight is 277 g/mol. The van der Waals surface area contributed by atoms with Gasteiger partial charge in [-0.3, -0.25) is 0 Å². The molecule has 2 rings (SSSR count). The summed E-state index contributed by atoms with van der Waals surface area (Å²) in [6.07, 6.45) is 0. The minimum atomic E-state index is -1.01. The molecular weight excluding hydrogens is 264 g/mol. The van der Waals surface area contributed by atoms with E-state index in [0.717, 1.165) is 16.7 Å². The molecule has 3 nitrogen and oxygen atoms in total. The van der Waals surface area contributed by atoms with Gasteiger partial charge in [0, 0.05) is 5.02 Å². The molecule has 4 heteroatoms. The first-order chi connectivity index (χ1) is 9.04. The van der Waals surface area contributed by atoms with Crippen molar-refractivity contribution in [1.82, 2.24) is 0 Å². The first-order valence-corrected chi connectivity index (χ1v) is 6.09. The maximum absolute atomic E-state index is 11.0. The highest BCUT2D eigenvalue weighted by Crippen LogP contribution is 2.32. The van der Waals surface area contributed by atoms with Gasteiger partial charge in [0.1, 0.15) is 11.3 Å². The summed E-state index contributed by atoms with van der Waals surface area (Å²) < 4.78 is 5.13. The molecule has 0 aliphatic rings. The molecule has 0 atom stereocenters. The van der Waals surface area contributed by atoms with Crippen LogP contribution < -0.4 is 4.74 Å². The molecule has 0 radical (unpaired) electrons. The summed E-state index contributed by atoms with van der Waals surface area (Å²) in [5.41, 5.74) is 2.94. The lowest BCUT2D eigenvalue weighted by molar-refractivity contribution is 0.0693. The maximum atomic E-state index is 11.0. The minimum absolute atomic E-state index is 0.144. The van der Waals surface area contributed by atoms with E-state index in [1.165, 1.54) is 13.2 Å². The van der Waals surface area contributed by atoms with Crippen LogP contribution >= 0.6 is 11.6 Å². The monoisotopic (exact) mass is 276 g/mol. The highest BCUT2D eigenvalue weighted by Gasteiger charge is 2.13. The van der Waals surface area contributed by atoms with Crippen molar-refractivity contribution in [3.63, 3.8) is 0 Å². The zero-order chi connectivity index (χ0) is 14.0. The van der Waals surface area contributed by atoms with Crippen LogP contribution in [-0.4, -0.2) is 18.2 Å². The van der Waals surface area contributed by atoms with Crippen LogP contribution in [0.4, 0.5) is 0 Å². The molecule has 0 amide bonds. The fourth-order valence-corrected chi connectivity index (χ4v) is 2.13. The summed E-state index contributed by atoms with van der Waals surface area (Å²) in [6.45, 7) is 1.93. The van der Waals surface area contributed by atoms with Gasteiger partial charge >= 0.3 is 5.97 Å². The number of benzene rings is 2. The van der Waals surface area contributed by atoms with E-state index in [0.29, 0.717) is 10.8 Å². The molecule has 0 fully saturated rings. The number of halogens is 1. The molecule has 0 saturated carbocycles. The molecule has 98 valence electrons. The lowest BCUT2D eigenvalue weighted by Gasteiger charge is -2.11. The van der Waals surface area contributed by atoms with E-state index in [-0.39, 0.29) is 5.56 Å². The van der Waals surface area contributed by atoms with Gasteiger partial charge in [-0.25, -0.2) is 4.79 Å². The number of carboxylic acid groups (broad SMARTS) is 1. The third-order valence-electron chi connectivity index (χ3n) is 3.01. The molecule has 0 spiro atoms. The average Bonchev–Trinajstić information content (AvgIpc) is 2.41. The summed E-state index contributed by atoms with van der Waals surface area (Å²) in [4.78, 5) is 11.0. The van der Waals surface area contributed by atoms with Gasteiger partial charge in [0.25, 0.3) is 0 Å². The molecule has 0 aromatic heterocycles. The van der Waals surface area contributed by atoms with Crippen molar-refractivity contribution in [1.29, 1.82) is 0 Å². The van der Waals surface area contributed by atoms with Gasteiger partial charge in [-0.2, -0.15) is 0 Å². The van der Waals surface area contributed by atoms with Gasteiger partial charge in [-0.15, -0.1) is 0 Å². The molecule has 0 aliphatic heterocycles. The summed E-state index contributed by atoms with van der Waals surface area (Å²) in [5, 5.41) is 9.74. The Labute approximate surface area is 116 Å². The Bertz CT molecular complexity index is 635. The molecular formula is C15H13ClO3. The van der Waals surface area contributed by atoms with E-state index in [9.17, 15) is 4.79 Å². The third-order valence-corrected chi connectivity index (χ3v) is 3.42. The summed E-state index contributed by atoms with van der Waals surface area (Å²) in [5.74, 6) is -0.671. The normalized spacial score (nSPS) is 10.3. The molecule has 1 N–H and O–H groups in total. The number of aromatic carboxylic acids is 1. The van der Waals surface area contributed by atoms with Gasteiger partial charge in [-0.05, 0) is 41.8 Å². The largest absolute Gasteiger partial charge is 0.496 e. The number of hydrogen-bond acceptors (Lipinski definition) is 2. The molecule has 0 heterocycles. The summed E-state index contributed by atoms with van der Waals surface area (Å²) in [7, 11) is 1.45. The fraction of sp³-hybridized carbons (Fsp3) is 0.133. The highest BCUT2D eigenvalue weighted by molar-refractivity contribution is 6.31. The van der Waals surface area contributed by atoms with Crippen LogP contribution in [0.3, 0.4) is 0 Å². The van der Waals surface area contributed by atoms with Crippen molar-refractivity contribution in [3.05, 3.63) is 52.5 Å². The Morgan fingerprint density at radius 1 is 1.26 bits per heavy atom. The van der Waals surface area contributed by atoms with Crippen molar-refractivity contribution in [3.8, 4) is 16.9 Å². The van der Waals surface area contributed by atoms with Crippen LogP contribution in [0.1, 0.15) is 15.9 Å². The molecule has 2 aromatic carbocycles. The number of carbonyl (C=O) groups is 1. The van der Waals surface area contributed by atoms with Crippen LogP contribution in [0.2, 0.25) is 5.02 Å². The third kappa shape index (κ3) is 2.56. The van der Waals surface area contributed by atoms with Gasteiger partial charge in [0.15, 0.2) is 0 Å². The first-order valence-electron chi connectivity index (χ1n) is 5.71. The second-order valence-corrected chi connectivity index (χ2v) is 4.54. The number of carboxylic acids is 1. The molecule has 0 saturated heterocycles. The lowest BCUT2D eigenvalue weighted by Crippen LogP contribution is -2.00. The topological polar surface area (TPSA) is 46.5 Å². The van der Waals surface area contributed by atoms with Crippen molar-refractivity contribution < 1.29 is 14.6 Å². The lowest BCUT2D eigenvalue weighted by atomic mass is 9.99. The van der Waals surface area contributed by atoms with E-state index in [2.05, 4.69) is 0 Å². The van der Waals surface area contributed by atoms with E-state index >= 15 is 0 Å². The Morgan fingerprint density at radius 3 is 2.63 bits per heavy atom. The minimum Gasteiger partial charge on any atom is -0.496 e. The van der Waals surface area contributed by atoms with E-state index in [4.69, 9.17) is 21.4 Å². The van der Waals surface area contributed by atoms with E-state index in [1.807, 2.05) is 25.1 Å². The quantitative estimate of drug-likeness (QED) is 0.921. The fourth-order valence-electron chi connectivity index (χ4n) is 1.96. The molecule has 0 bridgehead atoms. The highest BCUT2D eigenvalue weighted by atomic mass is 35.5. The van der Waals surface area contributed by atoms with Crippen molar-refractivity contribution >= 4 is 17.6 Å². The molecule has 0 unspecified atom stereocenters. The summed E-state index contributed by atoms with van der Waals surface area (Å²) >= 11 is 6.09. The molecule has 0 aliphatic carbocycles. The smallest absolute Gasteiger partial charge is 0.339 e. The van der Waals surface area contributed by atoms with Crippen LogP contribution in [0.15, 0.2) is 36.4 Å². The zero-order valence-electron chi connectivity index (χ0n) is 10.6. The van der Waals surface area contributed by atoms with Gasteiger partial charge in [0.05, 0.1) is 7.11 Å². The first kappa shape index (κ1) is 13.4. The van der Waals surface area contributed by atoms with Crippen molar-refractivity contribution in [2.24, 2.45) is 0 Å². The van der Waals surface area contributed by atoms with Gasteiger partial charge in [-0.1, -0.05) is 29.8 Å². The Hall–Kier alpha value is -2.00. The number of methoxy groups -OCH3 is 1. The van der Waals surface area contributed by atoms with Crippen molar-refractivity contribution in [2.45, 2.75) is 6.92 Å². The van der Waals surface area contributed by atoms with Crippen LogP contribution in [0.25, 0.3) is 11.1 Å². The Balaban J connectivity index is 2.58. The van der Waals surface area contributed by atoms with Crippen LogP contribution in [0.5, 0.6) is 5.75 Å². The van der Waals surface area contributed by atoms with Crippen LogP contribution in [0, 0.1) is 6.92 Å². The molecule has 19 heavy (non-hydrogen) atoms. The second-order valence-electron chi connectivity index (χ2n) is 4.13. The second kappa shape index (κ2) is 5.33. The Kier molecular flexibility index (Phi) is 3.76. The predicted octanol–water partition coefficient (Wildman–Crippen LogP) is 4.02. The maximum Gasteiger partial charge on any atom is 0.339 e. The SMILES string of the molecule is COc1cc(-c2cccc(Cl)c2C)ccc1C(=O)O. The zero-order valence-corrected chi connectivity index (χ0v) is 11.4. The predicted molar refractivity (Wildman–Crippen MR) is 75.1 cm³/mol. The van der Waals surface area contributed by atoms with Crippen molar-refractivity contribution in [2.75, 3.05) is 7.11 Å². The molecule has 2 aromatic rings. The number of rotatable bonds is 3. The number of hydrogen-bond donors (Lipinski definition) is 1. The van der Waals surface area contributed by atoms with E-state index in [1.54, 1.807) is 12.1 Å². The number of ether oxygens (including phenoxy) is 1. The van der Waals surface area contributed by atoms with Crippen LogP contribution in [-0.2, 0) is 0 Å². The van der Waals surface area contributed by atoms with Gasteiger partial charge < -0.3 is 9.84 Å². The Morgan fingerprint density at radius 2 is 2.00 bits per heavy atom.